The maximum absolute atomic E-state index is 13.0. The third-order valence-corrected chi connectivity index (χ3v) is 8.19. The first-order valence-corrected chi connectivity index (χ1v) is 17.7. The Kier molecular flexibility index (Phi) is 14.6. The van der Waals surface area contributed by atoms with Crippen LogP contribution in [0.5, 0.6) is 11.5 Å². The van der Waals surface area contributed by atoms with Crippen molar-refractivity contribution in [3.63, 3.8) is 0 Å². The number of rotatable bonds is 12. The average Bonchev–Trinajstić information content (AvgIpc) is 3.21. The lowest BCUT2D eigenvalue weighted by molar-refractivity contribution is 0.0588. The molecule has 0 spiro atoms. The summed E-state index contributed by atoms with van der Waals surface area (Å²) < 4.78 is 27.8. The minimum absolute atomic E-state index is 0.0236. The highest BCUT2D eigenvalue weighted by atomic mass is 19.1. The van der Waals surface area contributed by atoms with Crippen LogP contribution in [-0.2, 0) is 45.0 Å². The number of nitrogens with zero attached hydrogens (tertiary/aromatic N) is 2. The number of aromatic amines is 2. The number of H-pyrrole nitrogens is 2. The van der Waals surface area contributed by atoms with Crippen LogP contribution in [0.15, 0.2) is 94.5 Å². The van der Waals surface area contributed by atoms with Crippen molar-refractivity contribution in [2.45, 2.75) is 58.5 Å². The van der Waals surface area contributed by atoms with E-state index in [-0.39, 0.29) is 31.4 Å². The van der Waals surface area contributed by atoms with Crippen molar-refractivity contribution in [3.8, 4) is 11.5 Å². The number of halogens is 1. The number of alkyl carbamates (subject to hydrolysis) is 2. The van der Waals surface area contributed by atoms with Crippen LogP contribution in [0.4, 0.5) is 14.0 Å². The van der Waals surface area contributed by atoms with Gasteiger partial charge >= 0.3 is 18.2 Å². The van der Waals surface area contributed by atoms with E-state index in [0.29, 0.717) is 5.56 Å². The van der Waals surface area contributed by atoms with Gasteiger partial charge in [0.2, 0.25) is 11.5 Å². The van der Waals surface area contributed by atoms with E-state index in [9.17, 15) is 43.4 Å². The van der Waals surface area contributed by atoms with Crippen LogP contribution < -0.4 is 27.1 Å². The molecule has 2 aromatic heterocycles. The molecular formula is C40H42FN7O11. The molecule has 0 saturated heterocycles. The quantitative estimate of drug-likeness (QED) is 0.0691. The second kappa shape index (κ2) is 19.5. The summed E-state index contributed by atoms with van der Waals surface area (Å²) in [4.78, 5) is 85.1. The Morgan fingerprint density at radius 3 is 1.53 bits per heavy atom. The molecule has 0 saturated carbocycles. The number of ether oxygens (including phenoxy) is 3. The zero-order valence-electron chi connectivity index (χ0n) is 32.5. The summed E-state index contributed by atoms with van der Waals surface area (Å²) in [6, 6.07) is 23.6. The van der Waals surface area contributed by atoms with E-state index in [0.717, 1.165) is 18.2 Å². The third-order valence-electron chi connectivity index (χ3n) is 8.19. The number of hydrogen-bond acceptors (Lipinski definition) is 13. The Balaban J connectivity index is 0.000000268. The van der Waals surface area contributed by atoms with Gasteiger partial charge in [0.25, 0.3) is 17.0 Å². The molecule has 19 heteroatoms. The first kappa shape index (κ1) is 44.1. The van der Waals surface area contributed by atoms with Gasteiger partial charge in [-0.1, -0.05) is 72.8 Å². The third kappa shape index (κ3) is 12.5. The molecule has 0 bridgehead atoms. The van der Waals surface area contributed by atoms with Crippen molar-refractivity contribution >= 4 is 24.1 Å². The fourth-order valence-electron chi connectivity index (χ4n) is 4.94. The van der Waals surface area contributed by atoms with E-state index in [4.69, 9.17) is 9.47 Å². The van der Waals surface area contributed by atoms with E-state index in [2.05, 4.69) is 40.6 Å². The molecule has 0 atom stereocenters. The summed E-state index contributed by atoms with van der Waals surface area (Å²) in [6.07, 6.45) is -1.50. The molecule has 0 fully saturated rings. The van der Waals surface area contributed by atoms with E-state index < -0.39 is 75.0 Å². The van der Waals surface area contributed by atoms with Gasteiger partial charge in [-0.05, 0) is 56.5 Å². The zero-order valence-corrected chi connectivity index (χ0v) is 32.5. The first-order valence-electron chi connectivity index (χ1n) is 17.7. The molecule has 5 rings (SSSR count). The van der Waals surface area contributed by atoms with Gasteiger partial charge in [-0.25, -0.2) is 28.7 Å². The number of amides is 3. The normalized spacial score (nSPS) is 10.9. The minimum Gasteiger partial charge on any atom is -0.501 e. The summed E-state index contributed by atoms with van der Waals surface area (Å²) in [7, 11) is 1.09. The number of carbonyl (C=O) groups excluding carboxylic acids is 4. The van der Waals surface area contributed by atoms with Crippen molar-refractivity contribution in [2.24, 2.45) is 0 Å². The number of aromatic nitrogens is 4. The molecule has 5 aromatic rings. The van der Waals surface area contributed by atoms with Crippen LogP contribution in [0.25, 0.3) is 0 Å². The highest BCUT2D eigenvalue weighted by Gasteiger charge is 2.31. The molecule has 18 nitrogen and oxygen atoms in total. The first-order chi connectivity index (χ1) is 27.9. The maximum atomic E-state index is 13.0. The molecule has 310 valence electrons. The van der Waals surface area contributed by atoms with Crippen LogP contribution in [-0.4, -0.2) is 61.3 Å². The number of carbonyl (C=O) groups is 4. The van der Waals surface area contributed by atoms with Crippen LogP contribution in [0, 0.1) is 5.82 Å². The number of benzene rings is 3. The smallest absolute Gasteiger partial charge is 0.408 e. The van der Waals surface area contributed by atoms with Gasteiger partial charge in [-0.2, -0.15) is 0 Å². The summed E-state index contributed by atoms with van der Waals surface area (Å²) in [5.74, 6) is -4.03. The van der Waals surface area contributed by atoms with Gasteiger partial charge in [0.1, 0.15) is 30.7 Å². The predicted octanol–water partition coefficient (Wildman–Crippen LogP) is 4.13. The molecular weight excluding hydrogens is 773 g/mol. The van der Waals surface area contributed by atoms with Gasteiger partial charge in [0, 0.05) is 6.54 Å². The monoisotopic (exact) mass is 815 g/mol. The Hall–Kier alpha value is -7.57. The largest absolute Gasteiger partial charge is 0.501 e. The predicted molar refractivity (Wildman–Crippen MR) is 208 cm³/mol. The van der Waals surface area contributed by atoms with Gasteiger partial charge < -0.3 is 50.3 Å². The highest BCUT2D eigenvalue weighted by molar-refractivity contribution is 5.94. The molecule has 7 N–H and O–H groups in total. The lowest BCUT2D eigenvalue weighted by atomic mass is 10.0. The van der Waals surface area contributed by atoms with Crippen molar-refractivity contribution < 1.29 is 48.0 Å². The molecule has 59 heavy (non-hydrogen) atoms. The highest BCUT2D eigenvalue weighted by Crippen LogP contribution is 2.20. The molecule has 0 aliphatic heterocycles. The molecule has 0 radical (unpaired) electrons. The minimum atomic E-state index is -1.24. The standard InChI is InChI=1S/C23H23FN4O5.C17H19N3O6/c1-23(2,28-22(32)33-13-15-6-4-3-5-7-15)21-26-17(18(29)20(31)27-21)19(30)25-12-14-8-10-16(24)11-9-14;1-17(2,20-16(24)26-9-10-7-5-4-6-8-10)15-18-11(14(23)25-3)12(21)13(22)19-15/h3-11,29H,12-13H2,1-2H3,(H,25,30)(H,28,32)(H,26,27,31);4-8,21H,9H2,1-3H3,(H,20,24)(H,18,19,22). The zero-order chi connectivity index (χ0) is 43.3. The molecule has 3 aromatic carbocycles. The van der Waals surface area contributed by atoms with Crippen molar-refractivity contribution in [1.82, 2.24) is 35.9 Å². The van der Waals surface area contributed by atoms with E-state index in [1.165, 1.54) is 24.3 Å². The van der Waals surface area contributed by atoms with Crippen LogP contribution in [0.3, 0.4) is 0 Å². The Morgan fingerprint density at radius 2 is 1.08 bits per heavy atom. The van der Waals surface area contributed by atoms with Gasteiger partial charge in [0.05, 0.1) is 18.2 Å². The molecule has 2 heterocycles. The van der Waals surface area contributed by atoms with E-state index in [1.54, 1.807) is 52.0 Å². The second-order valence-electron chi connectivity index (χ2n) is 13.6. The number of nitrogens with one attached hydrogen (secondary N) is 5. The van der Waals surface area contributed by atoms with E-state index >= 15 is 0 Å². The van der Waals surface area contributed by atoms with Crippen molar-refractivity contribution in [2.75, 3.05) is 7.11 Å². The Morgan fingerprint density at radius 1 is 0.661 bits per heavy atom. The Labute approximate surface area is 335 Å². The summed E-state index contributed by atoms with van der Waals surface area (Å²) >= 11 is 0. The number of hydrogen-bond donors (Lipinski definition) is 7. The average molecular weight is 816 g/mol. The van der Waals surface area contributed by atoms with Crippen molar-refractivity contribution in [1.29, 1.82) is 0 Å². The van der Waals surface area contributed by atoms with Gasteiger partial charge in [-0.3, -0.25) is 14.4 Å². The van der Waals surface area contributed by atoms with Crippen molar-refractivity contribution in [3.05, 3.63) is 151 Å². The molecule has 3 amide bonds. The summed E-state index contributed by atoms with van der Waals surface area (Å²) in [5.41, 5.74) is -3.15. The van der Waals surface area contributed by atoms with Crippen LogP contribution >= 0.6 is 0 Å². The molecule has 0 unspecified atom stereocenters. The maximum Gasteiger partial charge on any atom is 0.408 e. The topological polar surface area (TPSA) is 264 Å². The van der Waals surface area contributed by atoms with Gasteiger partial charge in [0.15, 0.2) is 11.4 Å². The second-order valence-corrected chi connectivity index (χ2v) is 13.6. The fourth-order valence-corrected chi connectivity index (χ4v) is 4.94. The summed E-state index contributed by atoms with van der Waals surface area (Å²) in [5, 5.41) is 27.4. The fraction of sp³-hybridized carbons (Fsp3) is 0.250. The number of esters is 1. The van der Waals surface area contributed by atoms with Gasteiger partial charge in [-0.15, -0.1) is 0 Å². The lowest BCUT2D eigenvalue weighted by Gasteiger charge is -2.25. The SMILES string of the molecule is CC(C)(NC(=O)OCc1ccccc1)c1nc(C(=O)NCc2ccc(F)cc2)c(O)c(=O)[nH]1.COC(=O)c1nc(C(C)(C)NC(=O)OCc2ccccc2)[nH]c(=O)c1O. The number of methoxy groups -OCH3 is 1. The number of aromatic hydroxyl groups is 2. The lowest BCUT2D eigenvalue weighted by Crippen LogP contribution is -2.44. The van der Waals surface area contributed by atoms with Crippen LogP contribution in [0.1, 0.15) is 77.0 Å². The summed E-state index contributed by atoms with van der Waals surface area (Å²) in [6.45, 7) is 6.32. The molecule has 0 aliphatic carbocycles. The van der Waals surface area contributed by atoms with E-state index in [1.807, 2.05) is 36.4 Å². The Bertz CT molecular complexity index is 2390. The van der Waals surface area contributed by atoms with Crippen LogP contribution in [0.2, 0.25) is 0 Å². The molecule has 0 aliphatic rings.